The molecule has 2 rings (SSSR count). The van der Waals surface area contributed by atoms with Gasteiger partial charge in [0, 0.05) is 25.8 Å². The van der Waals surface area contributed by atoms with Gasteiger partial charge in [0.05, 0.1) is 6.54 Å². The Kier molecular flexibility index (Phi) is 3.50. The second kappa shape index (κ2) is 5.07. The summed E-state index contributed by atoms with van der Waals surface area (Å²) in [6, 6.07) is 1.07. The Hall–Kier alpha value is -1.73. The summed E-state index contributed by atoms with van der Waals surface area (Å²) in [6.45, 7) is 2.28. The Labute approximate surface area is 98.7 Å². The predicted molar refractivity (Wildman–Crippen MR) is 61.1 cm³/mol. The molecule has 17 heavy (non-hydrogen) atoms. The first-order valence-corrected chi connectivity index (χ1v) is 5.42. The molecule has 1 aliphatic heterocycles. The molecule has 0 radical (unpaired) electrons. The molecule has 0 bridgehead atoms. The fourth-order valence-corrected chi connectivity index (χ4v) is 1.85. The molecule has 7 nitrogen and oxygen atoms in total. The van der Waals surface area contributed by atoms with Gasteiger partial charge < -0.3 is 16.2 Å². The Morgan fingerprint density at radius 3 is 3.24 bits per heavy atom. The van der Waals surface area contributed by atoms with Gasteiger partial charge in [-0.05, 0) is 6.07 Å². The highest BCUT2D eigenvalue weighted by atomic mass is 16.4. The van der Waals surface area contributed by atoms with Crippen molar-refractivity contribution in [1.29, 1.82) is 0 Å². The standard InChI is InChI=1S/C10H15N5O2/c11-8-1-2-13-9(14-8)6-15-4-3-12-5-7(15)10(16)17/h1-2,7,12H,3-6H2,(H,16,17)(H2,11,13,14). The molecule has 1 aromatic rings. The third kappa shape index (κ3) is 2.89. The number of carboxylic acid groups (broad SMARTS) is 1. The zero-order chi connectivity index (χ0) is 12.3. The van der Waals surface area contributed by atoms with Crippen LogP contribution in [0.15, 0.2) is 12.3 Å². The number of nitrogens with zero attached hydrogens (tertiary/aromatic N) is 3. The Balaban J connectivity index is 2.08. The molecule has 0 saturated carbocycles. The number of hydrogen-bond acceptors (Lipinski definition) is 6. The molecule has 0 spiro atoms. The van der Waals surface area contributed by atoms with E-state index in [1.54, 1.807) is 12.3 Å². The van der Waals surface area contributed by atoms with Crippen LogP contribution in [-0.4, -0.2) is 51.6 Å². The average molecular weight is 237 g/mol. The molecule has 1 unspecified atom stereocenters. The highest BCUT2D eigenvalue weighted by Gasteiger charge is 2.28. The number of carboxylic acids is 1. The summed E-state index contributed by atoms with van der Waals surface area (Å²) < 4.78 is 0. The van der Waals surface area contributed by atoms with Crippen molar-refractivity contribution in [1.82, 2.24) is 20.2 Å². The van der Waals surface area contributed by atoms with Crippen LogP contribution in [0.5, 0.6) is 0 Å². The van der Waals surface area contributed by atoms with E-state index in [0.717, 1.165) is 6.54 Å². The van der Waals surface area contributed by atoms with Crippen molar-refractivity contribution in [2.75, 3.05) is 25.4 Å². The van der Waals surface area contributed by atoms with E-state index in [2.05, 4.69) is 15.3 Å². The van der Waals surface area contributed by atoms with Crippen LogP contribution in [0, 0.1) is 0 Å². The van der Waals surface area contributed by atoms with Gasteiger partial charge in [-0.15, -0.1) is 0 Å². The van der Waals surface area contributed by atoms with Crippen LogP contribution < -0.4 is 11.1 Å². The summed E-state index contributed by atoms with van der Waals surface area (Å²) in [5.41, 5.74) is 5.56. The van der Waals surface area contributed by atoms with Crippen LogP contribution in [0.3, 0.4) is 0 Å². The minimum absolute atomic E-state index is 0.400. The van der Waals surface area contributed by atoms with Gasteiger partial charge in [-0.3, -0.25) is 9.69 Å². The van der Waals surface area contributed by atoms with E-state index in [-0.39, 0.29) is 0 Å². The smallest absolute Gasteiger partial charge is 0.322 e. The molecule has 92 valence electrons. The Morgan fingerprint density at radius 1 is 1.71 bits per heavy atom. The number of aliphatic carboxylic acids is 1. The predicted octanol–water partition coefficient (Wildman–Crippen LogP) is -1.08. The van der Waals surface area contributed by atoms with E-state index >= 15 is 0 Å². The fraction of sp³-hybridized carbons (Fsp3) is 0.500. The van der Waals surface area contributed by atoms with Crippen molar-refractivity contribution in [3.63, 3.8) is 0 Å². The van der Waals surface area contributed by atoms with Crippen molar-refractivity contribution in [2.24, 2.45) is 0 Å². The number of piperazine rings is 1. The van der Waals surface area contributed by atoms with E-state index in [1.165, 1.54) is 0 Å². The Bertz CT molecular complexity index is 411. The SMILES string of the molecule is Nc1ccnc(CN2CCNCC2C(=O)O)n1. The molecule has 0 aromatic carbocycles. The first-order valence-electron chi connectivity index (χ1n) is 5.42. The first kappa shape index (κ1) is 11.7. The first-order chi connectivity index (χ1) is 8.16. The minimum Gasteiger partial charge on any atom is -0.480 e. The van der Waals surface area contributed by atoms with E-state index in [0.29, 0.717) is 31.3 Å². The molecule has 1 atom stereocenters. The zero-order valence-corrected chi connectivity index (χ0v) is 9.33. The van der Waals surface area contributed by atoms with Crippen molar-refractivity contribution in [3.05, 3.63) is 18.1 Å². The maximum Gasteiger partial charge on any atom is 0.322 e. The van der Waals surface area contributed by atoms with E-state index in [1.807, 2.05) is 4.90 Å². The second-order valence-corrected chi connectivity index (χ2v) is 3.93. The molecule has 4 N–H and O–H groups in total. The van der Waals surface area contributed by atoms with Gasteiger partial charge in [-0.25, -0.2) is 9.97 Å². The normalized spacial score (nSPS) is 21.3. The lowest BCUT2D eigenvalue weighted by Crippen LogP contribution is -2.54. The maximum absolute atomic E-state index is 11.1. The third-order valence-corrected chi connectivity index (χ3v) is 2.71. The van der Waals surface area contributed by atoms with Crippen molar-refractivity contribution in [3.8, 4) is 0 Å². The van der Waals surface area contributed by atoms with Crippen LogP contribution in [-0.2, 0) is 11.3 Å². The van der Waals surface area contributed by atoms with Crippen molar-refractivity contribution >= 4 is 11.8 Å². The van der Waals surface area contributed by atoms with Gasteiger partial charge in [0.25, 0.3) is 0 Å². The Morgan fingerprint density at radius 2 is 2.53 bits per heavy atom. The summed E-state index contributed by atoms with van der Waals surface area (Å²) >= 11 is 0. The van der Waals surface area contributed by atoms with E-state index < -0.39 is 12.0 Å². The van der Waals surface area contributed by atoms with Gasteiger partial charge in [0.1, 0.15) is 17.7 Å². The molecular weight excluding hydrogens is 222 g/mol. The second-order valence-electron chi connectivity index (χ2n) is 3.93. The number of aromatic nitrogens is 2. The number of hydrogen-bond donors (Lipinski definition) is 3. The van der Waals surface area contributed by atoms with Crippen LogP contribution in [0.1, 0.15) is 5.82 Å². The average Bonchev–Trinajstić information content (AvgIpc) is 2.29. The lowest BCUT2D eigenvalue weighted by molar-refractivity contribution is -0.144. The highest BCUT2D eigenvalue weighted by Crippen LogP contribution is 2.08. The molecule has 7 heteroatoms. The lowest BCUT2D eigenvalue weighted by Gasteiger charge is -2.32. The maximum atomic E-state index is 11.1. The molecule has 1 fully saturated rings. The van der Waals surface area contributed by atoms with Gasteiger partial charge in [-0.1, -0.05) is 0 Å². The quantitative estimate of drug-likeness (QED) is 0.614. The number of nitrogen functional groups attached to an aromatic ring is 1. The van der Waals surface area contributed by atoms with E-state index in [9.17, 15) is 4.79 Å². The number of anilines is 1. The van der Waals surface area contributed by atoms with Crippen molar-refractivity contribution < 1.29 is 9.90 Å². The van der Waals surface area contributed by atoms with E-state index in [4.69, 9.17) is 10.8 Å². The minimum atomic E-state index is -0.832. The van der Waals surface area contributed by atoms with Gasteiger partial charge >= 0.3 is 5.97 Å². The van der Waals surface area contributed by atoms with Gasteiger partial charge in [-0.2, -0.15) is 0 Å². The molecule has 1 aromatic heterocycles. The number of carbonyl (C=O) groups is 1. The zero-order valence-electron chi connectivity index (χ0n) is 9.33. The van der Waals surface area contributed by atoms with Gasteiger partial charge in [0.2, 0.25) is 0 Å². The van der Waals surface area contributed by atoms with Crippen LogP contribution in [0.25, 0.3) is 0 Å². The fourth-order valence-electron chi connectivity index (χ4n) is 1.85. The summed E-state index contributed by atoms with van der Waals surface area (Å²) in [6.07, 6.45) is 1.58. The molecule has 1 aliphatic rings. The van der Waals surface area contributed by atoms with Crippen LogP contribution >= 0.6 is 0 Å². The monoisotopic (exact) mass is 237 g/mol. The number of rotatable bonds is 3. The summed E-state index contributed by atoms with van der Waals surface area (Å²) in [5, 5.41) is 12.1. The molecule has 1 saturated heterocycles. The highest BCUT2D eigenvalue weighted by molar-refractivity contribution is 5.73. The largest absolute Gasteiger partial charge is 0.480 e. The number of nitrogens with two attached hydrogens (primary N) is 1. The van der Waals surface area contributed by atoms with Gasteiger partial charge in [0.15, 0.2) is 0 Å². The molecule has 0 aliphatic carbocycles. The summed E-state index contributed by atoms with van der Waals surface area (Å²) in [4.78, 5) is 21.1. The van der Waals surface area contributed by atoms with Crippen molar-refractivity contribution in [2.45, 2.75) is 12.6 Å². The van der Waals surface area contributed by atoms with Crippen LogP contribution in [0.2, 0.25) is 0 Å². The lowest BCUT2D eigenvalue weighted by atomic mass is 10.2. The molecule has 2 heterocycles. The topological polar surface area (TPSA) is 104 Å². The molecular formula is C10H15N5O2. The summed E-state index contributed by atoms with van der Waals surface area (Å²) in [5.74, 6) is 0.122. The summed E-state index contributed by atoms with van der Waals surface area (Å²) in [7, 11) is 0. The van der Waals surface area contributed by atoms with Crippen LogP contribution in [0.4, 0.5) is 5.82 Å². The molecule has 0 amide bonds. The third-order valence-electron chi connectivity index (χ3n) is 2.71. The number of nitrogens with one attached hydrogen (secondary N) is 1.